The molecule has 2 aromatic rings. The number of ether oxygens (including phenoxy) is 1. The van der Waals surface area contributed by atoms with Crippen LogP contribution in [0.2, 0.25) is 0 Å². The van der Waals surface area contributed by atoms with Crippen LogP contribution in [0, 0.1) is 5.92 Å². The first-order chi connectivity index (χ1) is 15.7. The molecule has 8 nitrogen and oxygen atoms in total. The van der Waals surface area contributed by atoms with E-state index in [1.807, 2.05) is 16.9 Å². The van der Waals surface area contributed by atoms with Crippen molar-refractivity contribution in [2.24, 2.45) is 5.92 Å². The van der Waals surface area contributed by atoms with E-state index in [0.717, 1.165) is 19.4 Å². The summed E-state index contributed by atoms with van der Waals surface area (Å²) in [7, 11) is -1.37. The quantitative estimate of drug-likeness (QED) is 0.500. The Labute approximate surface area is 191 Å². The number of fused-ring (bicyclic) bond motifs is 1. The highest BCUT2D eigenvalue weighted by Crippen LogP contribution is 2.62. The van der Waals surface area contributed by atoms with Crippen molar-refractivity contribution in [1.29, 1.82) is 0 Å². The van der Waals surface area contributed by atoms with E-state index in [2.05, 4.69) is 18.0 Å². The number of likely N-dealkylation sites (N-methyl/N-ethyl adjacent to an activating group) is 1. The number of amides is 1. The molecule has 172 valence electrons. The fraction of sp³-hybridized carbons (Fsp3) is 0.375. The SMILES string of the molecule is CN1CC[C@]23c4c5ccc(O)c4O[C@H]2[C@@H](O)C=C[C@H]3[C@H]1C5.O=C1NS(=O)(=O)c2ccccc21. The first-order valence-electron chi connectivity index (χ1n) is 11.0. The van der Waals surface area contributed by atoms with Gasteiger partial charge in [-0.1, -0.05) is 30.4 Å². The van der Waals surface area contributed by atoms with Gasteiger partial charge in [0.15, 0.2) is 11.5 Å². The number of aromatic hydroxyl groups is 1. The second-order valence-corrected chi connectivity index (χ2v) is 11.0. The molecule has 5 atom stereocenters. The van der Waals surface area contributed by atoms with E-state index in [0.29, 0.717) is 17.7 Å². The van der Waals surface area contributed by atoms with Gasteiger partial charge in [0.05, 0.1) is 5.56 Å². The summed E-state index contributed by atoms with van der Waals surface area (Å²) >= 11 is 0. The molecule has 0 aromatic heterocycles. The van der Waals surface area contributed by atoms with Gasteiger partial charge in [0.2, 0.25) is 0 Å². The minimum Gasteiger partial charge on any atom is -0.504 e. The lowest BCUT2D eigenvalue weighted by atomic mass is 9.53. The van der Waals surface area contributed by atoms with E-state index >= 15 is 0 Å². The van der Waals surface area contributed by atoms with Crippen LogP contribution in [0.1, 0.15) is 27.9 Å². The van der Waals surface area contributed by atoms with E-state index in [9.17, 15) is 23.4 Å². The number of rotatable bonds is 0. The zero-order valence-electron chi connectivity index (χ0n) is 17.9. The number of aliphatic hydroxyl groups is 1. The van der Waals surface area contributed by atoms with Gasteiger partial charge < -0.3 is 19.8 Å². The third-order valence-corrected chi connectivity index (χ3v) is 9.19. The van der Waals surface area contributed by atoms with E-state index < -0.39 is 22.0 Å². The van der Waals surface area contributed by atoms with Gasteiger partial charge >= 0.3 is 0 Å². The van der Waals surface area contributed by atoms with Crippen molar-refractivity contribution in [1.82, 2.24) is 9.62 Å². The fourth-order valence-corrected chi connectivity index (χ4v) is 7.53. The Kier molecular flexibility index (Phi) is 4.28. The third kappa shape index (κ3) is 2.70. The molecule has 5 aliphatic rings. The van der Waals surface area contributed by atoms with Crippen molar-refractivity contribution < 1.29 is 28.2 Å². The maximum Gasteiger partial charge on any atom is 0.266 e. The molecule has 1 spiro atoms. The predicted molar refractivity (Wildman–Crippen MR) is 119 cm³/mol. The Hall–Kier alpha value is -2.88. The molecule has 2 bridgehead atoms. The molecule has 0 radical (unpaired) electrons. The Morgan fingerprint density at radius 2 is 1.97 bits per heavy atom. The summed E-state index contributed by atoms with van der Waals surface area (Å²) in [4.78, 5) is 13.5. The molecule has 0 saturated carbocycles. The minimum absolute atomic E-state index is 0.0648. The van der Waals surface area contributed by atoms with Crippen LogP contribution < -0.4 is 9.46 Å². The number of hydrogen-bond donors (Lipinski definition) is 3. The van der Waals surface area contributed by atoms with E-state index in [1.54, 1.807) is 18.2 Å². The summed E-state index contributed by atoms with van der Waals surface area (Å²) in [5, 5.41) is 20.6. The van der Waals surface area contributed by atoms with Gasteiger partial charge in [0.25, 0.3) is 15.9 Å². The van der Waals surface area contributed by atoms with Gasteiger partial charge in [0.1, 0.15) is 17.1 Å². The average Bonchev–Trinajstić information content (AvgIpc) is 3.26. The van der Waals surface area contributed by atoms with Crippen LogP contribution in [0.15, 0.2) is 53.4 Å². The van der Waals surface area contributed by atoms with Crippen molar-refractivity contribution in [2.45, 2.75) is 41.4 Å². The van der Waals surface area contributed by atoms with Gasteiger partial charge in [0, 0.05) is 22.9 Å². The van der Waals surface area contributed by atoms with Crippen molar-refractivity contribution in [2.75, 3.05) is 13.6 Å². The van der Waals surface area contributed by atoms with E-state index in [4.69, 9.17) is 4.74 Å². The van der Waals surface area contributed by atoms with Crippen LogP contribution in [0.5, 0.6) is 11.5 Å². The van der Waals surface area contributed by atoms with Crippen LogP contribution in [0.4, 0.5) is 0 Å². The average molecular weight is 469 g/mol. The summed E-state index contributed by atoms with van der Waals surface area (Å²) in [6.45, 7) is 1.01. The maximum atomic E-state index is 11.1. The molecule has 33 heavy (non-hydrogen) atoms. The van der Waals surface area contributed by atoms with Crippen LogP contribution in [-0.4, -0.2) is 61.3 Å². The highest BCUT2D eigenvalue weighted by molar-refractivity contribution is 7.90. The first kappa shape index (κ1) is 20.7. The normalized spacial score (nSPS) is 33.8. The number of phenols is 1. The van der Waals surface area contributed by atoms with Crippen molar-refractivity contribution >= 4 is 15.9 Å². The molecule has 1 amide bonds. The van der Waals surface area contributed by atoms with Gasteiger partial charge in [-0.2, -0.15) is 0 Å². The monoisotopic (exact) mass is 468 g/mol. The topological polar surface area (TPSA) is 116 Å². The number of nitrogens with one attached hydrogen (secondary N) is 1. The molecule has 1 fully saturated rings. The van der Waals surface area contributed by atoms with Crippen LogP contribution in [-0.2, 0) is 21.9 Å². The molecule has 0 unspecified atom stereocenters. The van der Waals surface area contributed by atoms with Gasteiger partial charge in [-0.05, 0) is 50.2 Å². The number of hydrogen-bond acceptors (Lipinski definition) is 7. The van der Waals surface area contributed by atoms with Crippen molar-refractivity contribution in [3.05, 3.63) is 65.2 Å². The molecule has 2 aliphatic carbocycles. The van der Waals surface area contributed by atoms with E-state index in [-0.39, 0.29) is 27.7 Å². The zero-order valence-corrected chi connectivity index (χ0v) is 18.7. The number of piperidine rings is 1. The second kappa shape index (κ2) is 6.82. The lowest BCUT2D eigenvalue weighted by molar-refractivity contribution is -0.0453. The number of carbonyl (C=O) groups is 1. The minimum atomic E-state index is -3.55. The summed E-state index contributed by atoms with van der Waals surface area (Å²) in [6.07, 6.45) is 5.18. The largest absolute Gasteiger partial charge is 0.504 e. The van der Waals surface area contributed by atoms with Crippen molar-refractivity contribution in [3.63, 3.8) is 0 Å². The van der Waals surface area contributed by atoms with Crippen LogP contribution >= 0.6 is 0 Å². The highest BCUT2D eigenvalue weighted by Gasteiger charge is 2.64. The van der Waals surface area contributed by atoms with Crippen molar-refractivity contribution in [3.8, 4) is 11.5 Å². The zero-order chi connectivity index (χ0) is 23.1. The van der Waals surface area contributed by atoms with Crippen LogP contribution in [0.25, 0.3) is 0 Å². The van der Waals surface area contributed by atoms with Gasteiger partial charge in [-0.3, -0.25) is 4.79 Å². The smallest absolute Gasteiger partial charge is 0.266 e. The molecule has 7 rings (SSSR count). The number of likely N-dealkylation sites (tertiary alicyclic amines) is 1. The molecular weight excluding hydrogens is 444 g/mol. The number of nitrogens with zero attached hydrogens (tertiary/aromatic N) is 1. The molecule has 9 heteroatoms. The Balaban J connectivity index is 0.000000147. The molecule has 3 heterocycles. The number of benzene rings is 2. The van der Waals surface area contributed by atoms with Gasteiger partial charge in [-0.25, -0.2) is 13.1 Å². The molecule has 1 saturated heterocycles. The molecule has 2 aromatic carbocycles. The lowest BCUT2D eigenvalue weighted by Gasteiger charge is -2.56. The summed E-state index contributed by atoms with van der Waals surface area (Å²) in [5.74, 6) is 0.639. The number of phenolic OH excluding ortho intramolecular Hbond substituents is 1. The Morgan fingerprint density at radius 3 is 2.76 bits per heavy atom. The lowest BCUT2D eigenvalue weighted by Crippen LogP contribution is -2.64. The number of aliphatic hydroxyl groups excluding tert-OH is 1. The summed E-state index contributed by atoms with van der Waals surface area (Å²) < 4.78 is 30.2. The standard InChI is InChI=1S/C17H19NO3.C7H5NO3S/c1-18-7-6-17-10-3-5-13(20)16(17)21-15-12(19)4-2-9(14(15)17)8-11(10)18;9-7-5-3-1-2-4-6(5)12(10,11)8-7/h2-5,10-11,13,16,19-20H,6-8H2,1H3;1-4H,(H,8,9)/t10-,11+,13-,16-,17-;/m0./s1. The number of carbonyl (C=O) groups excluding carboxylic acids is 1. The summed E-state index contributed by atoms with van der Waals surface area (Å²) in [6, 6.07) is 10.3. The molecule has 3 N–H and O–H groups in total. The third-order valence-electron chi connectivity index (χ3n) is 7.80. The summed E-state index contributed by atoms with van der Waals surface area (Å²) in [5.41, 5.74) is 2.51. The predicted octanol–water partition coefficient (Wildman–Crippen LogP) is 1.32. The molecular formula is C24H24N2O6S. The van der Waals surface area contributed by atoms with Crippen LogP contribution in [0.3, 0.4) is 0 Å². The van der Waals surface area contributed by atoms with E-state index in [1.165, 1.54) is 23.3 Å². The first-order valence-corrected chi connectivity index (χ1v) is 12.5. The maximum absolute atomic E-state index is 11.1. The highest BCUT2D eigenvalue weighted by atomic mass is 32.2. The molecule has 3 aliphatic heterocycles. The fourth-order valence-electron chi connectivity index (χ4n) is 6.36. The van der Waals surface area contributed by atoms with Gasteiger partial charge in [-0.15, -0.1) is 0 Å². The Bertz CT molecular complexity index is 1320. The number of sulfonamides is 1. The second-order valence-electron chi connectivity index (χ2n) is 9.36. The Morgan fingerprint density at radius 1 is 1.18 bits per heavy atom.